The fraction of sp³-hybridized carbons (Fsp3) is 0.500. The van der Waals surface area contributed by atoms with Crippen molar-refractivity contribution in [3.63, 3.8) is 0 Å². The second kappa shape index (κ2) is 6.16. The average molecular weight is 265 g/mol. The Kier molecular flexibility index (Phi) is 4.55. The smallest absolute Gasteiger partial charge is 0.334 e. The van der Waals surface area contributed by atoms with E-state index in [4.69, 9.17) is 4.74 Å². The van der Waals surface area contributed by atoms with Gasteiger partial charge in [0.25, 0.3) is 0 Å². The molecule has 0 N–H and O–H groups in total. The molecule has 18 heavy (non-hydrogen) atoms. The van der Waals surface area contributed by atoms with Crippen LogP contribution in [0, 0.1) is 0 Å². The van der Waals surface area contributed by atoms with Gasteiger partial charge in [0.15, 0.2) is 0 Å². The lowest BCUT2D eigenvalue weighted by Gasteiger charge is -2.21. The molecule has 1 heterocycles. The van der Waals surface area contributed by atoms with E-state index in [0.717, 1.165) is 6.54 Å². The van der Waals surface area contributed by atoms with Gasteiger partial charge in [0.1, 0.15) is 0 Å². The van der Waals surface area contributed by atoms with Crippen LogP contribution in [-0.2, 0) is 16.1 Å². The van der Waals surface area contributed by atoms with Gasteiger partial charge in [0, 0.05) is 24.7 Å². The molecule has 98 valence electrons. The zero-order chi connectivity index (χ0) is 13.0. The first-order chi connectivity index (χ1) is 8.70. The maximum Gasteiger partial charge on any atom is 0.334 e. The molecule has 1 saturated carbocycles. The minimum Gasteiger partial charge on any atom is -0.463 e. The van der Waals surface area contributed by atoms with Crippen LogP contribution in [0.5, 0.6) is 0 Å². The zero-order valence-corrected chi connectivity index (χ0v) is 11.5. The van der Waals surface area contributed by atoms with Gasteiger partial charge in [-0.2, -0.15) is 11.3 Å². The molecule has 0 unspecified atom stereocenters. The van der Waals surface area contributed by atoms with E-state index in [2.05, 4.69) is 28.3 Å². The molecule has 0 bridgehead atoms. The summed E-state index contributed by atoms with van der Waals surface area (Å²) in [4.78, 5) is 13.9. The summed E-state index contributed by atoms with van der Waals surface area (Å²) in [6.07, 6.45) is 2.44. The molecular weight excluding hydrogens is 246 g/mol. The highest BCUT2D eigenvalue weighted by Crippen LogP contribution is 2.29. The van der Waals surface area contributed by atoms with E-state index < -0.39 is 0 Å². The van der Waals surface area contributed by atoms with Crippen LogP contribution in [0.4, 0.5) is 0 Å². The molecule has 0 saturated heterocycles. The van der Waals surface area contributed by atoms with Crippen molar-refractivity contribution in [2.45, 2.75) is 32.4 Å². The Bertz CT molecular complexity index is 409. The maximum atomic E-state index is 11.6. The minimum absolute atomic E-state index is 0.270. The molecule has 1 aliphatic rings. The average Bonchev–Trinajstić information content (AvgIpc) is 3.07. The van der Waals surface area contributed by atoms with Crippen molar-refractivity contribution in [2.75, 3.05) is 13.2 Å². The fourth-order valence-electron chi connectivity index (χ4n) is 1.91. The molecule has 0 spiro atoms. The van der Waals surface area contributed by atoms with Gasteiger partial charge in [-0.15, -0.1) is 0 Å². The van der Waals surface area contributed by atoms with Crippen LogP contribution in [0.2, 0.25) is 0 Å². The van der Waals surface area contributed by atoms with E-state index in [0.29, 0.717) is 24.8 Å². The van der Waals surface area contributed by atoms with Crippen molar-refractivity contribution < 1.29 is 9.53 Å². The first-order valence-corrected chi connectivity index (χ1v) is 7.25. The monoisotopic (exact) mass is 265 g/mol. The number of carbonyl (C=O) groups excluding carboxylic acids is 1. The van der Waals surface area contributed by atoms with Gasteiger partial charge in [-0.05, 0) is 42.2 Å². The highest BCUT2D eigenvalue weighted by Gasteiger charge is 2.30. The van der Waals surface area contributed by atoms with Crippen molar-refractivity contribution in [3.05, 3.63) is 34.5 Å². The lowest BCUT2D eigenvalue weighted by Crippen LogP contribution is -2.29. The standard InChI is InChI=1S/C14H19NO2S/c1-3-17-14(16)11(2)8-15(13-4-5-13)9-12-6-7-18-10-12/h6-7,10,13H,2-5,8-9H2,1H3. The van der Waals surface area contributed by atoms with Gasteiger partial charge in [0.2, 0.25) is 0 Å². The van der Waals surface area contributed by atoms with Crippen molar-refractivity contribution in [1.29, 1.82) is 0 Å². The van der Waals surface area contributed by atoms with Crippen molar-refractivity contribution >= 4 is 17.3 Å². The lowest BCUT2D eigenvalue weighted by molar-refractivity contribution is -0.138. The molecule has 4 heteroatoms. The van der Waals surface area contributed by atoms with Gasteiger partial charge >= 0.3 is 5.97 Å². The molecule has 0 aliphatic heterocycles. The maximum absolute atomic E-state index is 11.6. The van der Waals surface area contributed by atoms with Crippen LogP contribution in [0.3, 0.4) is 0 Å². The first-order valence-electron chi connectivity index (χ1n) is 6.30. The Labute approximate surface area is 112 Å². The number of carbonyl (C=O) groups is 1. The summed E-state index contributed by atoms with van der Waals surface area (Å²) in [7, 11) is 0. The predicted molar refractivity (Wildman–Crippen MR) is 73.5 cm³/mol. The van der Waals surface area contributed by atoms with Crippen LogP contribution < -0.4 is 0 Å². The van der Waals surface area contributed by atoms with Gasteiger partial charge in [-0.25, -0.2) is 4.79 Å². The summed E-state index contributed by atoms with van der Waals surface area (Å²) >= 11 is 1.71. The number of rotatable bonds is 7. The van der Waals surface area contributed by atoms with Gasteiger partial charge < -0.3 is 4.74 Å². The molecule has 3 nitrogen and oxygen atoms in total. The topological polar surface area (TPSA) is 29.5 Å². The highest BCUT2D eigenvalue weighted by molar-refractivity contribution is 7.07. The quantitative estimate of drug-likeness (QED) is 0.561. The van der Waals surface area contributed by atoms with Gasteiger partial charge in [-0.3, -0.25) is 4.90 Å². The molecule has 1 aliphatic carbocycles. The number of thiophene rings is 1. The summed E-state index contributed by atoms with van der Waals surface area (Å²) in [5, 5.41) is 4.24. The van der Waals surface area contributed by atoms with Crippen LogP contribution in [-0.4, -0.2) is 30.1 Å². The van der Waals surface area contributed by atoms with Gasteiger partial charge in [0.05, 0.1) is 6.61 Å². The molecule has 1 fully saturated rings. The molecule has 2 rings (SSSR count). The van der Waals surface area contributed by atoms with Crippen LogP contribution >= 0.6 is 11.3 Å². The minimum atomic E-state index is -0.270. The second-order valence-electron chi connectivity index (χ2n) is 4.59. The third kappa shape index (κ3) is 3.68. The molecule has 1 aromatic rings. The van der Waals surface area contributed by atoms with Crippen molar-refractivity contribution in [3.8, 4) is 0 Å². The fourth-order valence-corrected chi connectivity index (χ4v) is 2.57. The summed E-state index contributed by atoms with van der Waals surface area (Å²) < 4.78 is 4.98. The van der Waals surface area contributed by atoms with Crippen LogP contribution in [0.1, 0.15) is 25.3 Å². The SMILES string of the molecule is C=C(CN(Cc1ccsc1)C1CC1)C(=O)OCC. The van der Waals surface area contributed by atoms with Crippen LogP contribution in [0.25, 0.3) is 0 Å². The third-order valence-corrected chi connectivity index (χ3v) is 3.72. The number of ether oxygens (including phenoxy) is 1. The second-order valence-corrected chi connectivity index (χ2v) is 5.37. The molecule has 1 aromatic heterocycles. The van der Waals surface area contributed by atoms with E-state index in [1.807, 2.05) is 6.92 Å². The predicted octanol–water partition coefficient (Wildman–Crippen LogP) is 2.83. The Balaban J connectivity index is 1.90. The summed E-state index contributed by atoms with van der Waals surface area (Å²) in [5.41, 5.74) is 1.86. The number of nitrogens with zero attached hydrogens (tertiary/aromatic N) is 1. The first kappa shape index (κ1) is 13.3. The normalized spacial score (nSPS) is 14.8. The third-order valence-electron chi connectivity index (χ3n) is 2.99. The van der Waals surface area contributed by atoms with Gasteiger partial charge in [-0.1, -0.05) is 6.58 Å². The molecule has 0 amide bonds. The summed E-state index contributed by atoms with van der Waals surface area (Å²) in [6.45, 7) is 7.57. The Morgan fingerprint density at radius 1 is 1.61 bits per heavy atom. The Hall–Kier alpha value is -1.13. The molecule has 0 radical (unpaired) electrons. The van der Waals surface area contributed by atoms with E-state index in [-0.39, 0.29) is 5.97 Å². The molecule has 0 atom stereocenters. The molecule has 0 aromatic carbocycles. The van der Waals surface area contributed by atoms with E-state index in [1.54, 1.807) is 11.3 Å². The largest absolute Gasteiger partial charge is 0.463 e. The summed E-state index contributed by atoms with van der Waals surface area (Å²) in [6, 6.07) is 2.74. The van der Waals surface area contributed by atoms with Crippen LogP contribution in [0.15, 0.2) is 29.0 Å². The highest BCUT2D eigenvalue weighted by atomic mass is 32.1. The molecular formula is C14H19NO2S. The summed E-state index contributed by atoms with van der Waals surface area (Å²) in [5.74, 6) is -0.270. The van der Waals surface area contributed by atoms with Crippen molar-refractivity contribution in [1.82, 2.24) is 4.90 Å². The van der Waals surface area contributed by atoms with E-state index in [9.17, 15) is 4.79 Å². The Morgan fingerprint density at radius 3 is 2.94 bits per heavy atom. The van der Waals surface area contributed by atoms with E-state index in [1.165, 1.54) is 18.4 Å². The van der Waals surface area contributed by atoms with E-state index >= 15 is 0 Å². The number of esters is 1. The Morgan fingerprint density at radius 2 is 2.39 bits per heavy atom. The zero-order valence-electron chi connectivity index (χ0n) is 10.7. The van der Waals surface area contributed by atoms with Crippen molar-refractivity contribution in [2.24, 2.45) is 0 Å². The number of hydrogen-bond acceptors (Lipinski definition) is 4. The number of hydrogen-bond donors (Lipinski definition) is 0. The lowest BCUT2D eigenvalue weighted by atomic mass is 10.2.